The van der Waals surface area contributed by atoms with Crippen LogP contribution in [-0.4, -0.2) is 16.4 Å². The highest BCUT2D eigenvalue weighted by Crippen LogP contribution is 2.46. The predicted octanol–water partition coefficient (Wildman–Crippen LogP) is 0.601. The highest BCUT2D eigenvalue weighted by molar-refractivity contribution is 6.51. The van der Waals surface area contributed by atoms with Crippen LogP contribution in [-0.2, 0) is 0 Å². The first-order valence-electron chi connectivity index (χ1n) is 2.46. The van der Waals surface area contributed by atoms with Crippen molar-refractivity contribution >= 4 is 29.2 Å². The van der Waals surface area contributed by atoms with Crippen molar-refractivity contribution in [2.45, 2.75) is 16.8 Å². The van der Waals surface area contributed by atoms with Crippen LogP contribution < -0.4 is 11.1 Å². The Kier molecular flexibility index (Phi) is 1.49. The third kappa shape index (κ3) is 1.63. The Morgan fingerprint density at radius 2 is 2.22 bits per heavy atom. The van der Waals surface area contributed by atoms with Gasteiger partial charge in [-0.2, -0.15) is 0 Å². The van der Waals surface area contributed by atoms with E-state index in [1.807, 2.05) is 0 Å². The van der Waals surface area contributed by atoms with Crippen LogP contribution in [0.2, 0.25) is 0 Å². The number of urea groups is 1. The number of carbonyl (C=O) groups is 1. The normalized spacial score (nSPS) is 29.3. The van der Waals surface area contributed by atoms with Crippen LogP contribution in [0.5, 0.6) is 0 Å². The van der Waals surface area contributed by atoms with Crippen molar-refractivity contribution in [2.75, 3.05) is 0 Å². The first-order valence-corrected chi connectivity index (χ1v) is 3.22. The average molecular weight is 169 g/mol. The number of rotatable bonds is 1. The number of nitrogens with two attached hydrogens (primary N) is 1. The van der Waals surface area contributed by atoms with Gasteiger partial charge in [0, 0.05) is 6.42 Å². The fourth-order valence-corrected chi connectivity index (χ4v) is 0.959. The van der Waals surface area contributed by atoms with Crippen LogP contribution in [0.4, 0.5) is 4.79 Å². The number of alkyl halides is 2. The molecule has 0 aromatic heterocycles. The molecule has 1 atom stereocenters. The van der Waals surface area contributed by atoms with E-state index in [1.165, 1.54) is 0 Å². The molecule has 3 N–H and O–H groups in total. The highest BCUT2D eigenvalue weighted by atomic mass is 35.5. The van der Waals surface area contributed by atoms with Crippen LogP contribution >= 0.6 is 23.2 Å². The maximum Gasteiger partial charge on any atom is 0.312 e. The van der Waals surface area contributed by atoms with Crippen molar-refractivity contribution in [3.8, 4) is 0 Å². The standard InChI is InChI=1S/C4H6Cl2N2O/c5-4(6)1-2(4)8-3(7)9/h2H,1H2,(H3,7,8,9). The van der Waals surface area contributed by atoms with Gasteiger partial charge in [0.1, 0.15) is 4.33 Å². The molecular weight excluding hydrogens is 163 g/mol. The summed E-state index contributed by atoms with van der Waals surface area (Å²) in [5, 5.41) is 2.38. The molecule has 0 heterocycles. The monoisotopic (exact) mass is 168 g/mol. The van der Waals surface area contributed by atoms with Crippen LogP contribution in [0.1, 0.15) is 6.42 Å². The lowest BCUT2D eigenvalue weighted by Gasteiger charge is -1.97. The van der Waals surface area contributed by atoms with Gasteiger partial charge in [-0.15, -0.1) is 0 Å². The molecule has 2 amide bonds. The second kappa shape index (κ2) is 1.92. The number of carbonyl (C=O) groups excluding carboxylic acids is 1. The smallest absolute Gasteiger partial charge is 0.312 e. The summed E-state index contributed by atoms with van der Waals surface area (Å²) >= 11 is 11.1. The minimum atomic E-state index is -0.769. The van der Waals surface area contributed by atoms with Crippen LogP contribution in [0.15, 0.2) is 0 Å². The Hall–Kier alpha value is -0.150. The molecule has 1 rings (SSSR count). The van der Waals surface area contributed by atoms with E-state index in [2.05, 4.69) is 5.32 Å². The molecule has 0 radical (unpaired) electrons. The van der Waals surface area contributed by atoms with Gasteiger partial charge in [-0.25, -0.2) is 4.79 Å². The van der Waals surface area contributed by atoms with Gasteiger partial charge in [-0.3, -0.25) is 0 Å². The summed E-state index contributed by atoms with van der Waals surface area (Å²) in [6.45, 7) is 0. The van der Waals surface area contributed by atoms with Crippen molar-refractivity contribution in [2.24, 2.45) is 5.73 Å². The molecule has 0 aliphatic heterocycles. The number of halogens is 2. The number of primary amides is 1. The first kappa shape index (κ1) is 6.96. The van der Waals surface area contributed by atoms with E-state index in [0.717, 1.165) is 0 Å². The fourth-order valence-electron chi connectivity index (χ4n) is 0.542. The van der Waals surface area contributed by atoms with Gasteiger partial charge < -0.3 is 11.1 Å². The summed E-state index contributed by atoms with van der Waals surface area (Å²) in [7, 11) is 0. The molecule has 0 spiro atoms. The molecule has 0 bridgehead atoms. The van der Waals surface area contributed by atoms with Crippen molar-refractivity contribution in [1.82, 2.24) is 5.32 Å². The lowest BCUT2D eigenvalue weighted by atomic mass is 10.7. The fraction of sp³-hybridized carbons (Fsp3) is 0.750. The molecule has 0 aromatic carbocycles. The largest absolute Gasteiger partial charge is 0.352 e. The van der Waals surface area contributed by atoms with E-state index in [-0.39, 0.29) is 6.04 Å². The summed E-state index contributed by atoms with van der Waals surface area (Å²) in [5.74, 6) is 0. The summed E-state index contributed by atoms with van der Waals surface area (Å²) in [6, 6.07) is -0.735. The lowest BCUT2D eigenvalue weighted by molar-refractivity contribution is 0.248. The van der Waals surface area contributed by atoms with Crippen LogP contribution in [0.3, 0.4) is 0 Å². The van der Waals surface area contributed by atoms with E-state index in [9.17, 15) is 4.79 Å². The molecular formula is C4H6Cl2N2O. The zero-order chi connectivity index (χ0) is 7.07. The third-order valence-corrected chi connectivity index (χ3v) is 1.98. The first-order chi connectivity index (χ1) is 4.02. The Balaban J connectivity index is 2.28. The van der Waals surface area contributed by atoms with Gasteiger partial charge >= 0.3 is 6.03 Å². The molecule has 0 saturated heterocycles. The van der Waals surface area contributed by atoms with Crippen LogP contribution in [0, 0.1) is 0 Å². The number of hydrogen-bond acceptors (Lipinski definition) is 1. The quantitative estimate of drug-likeness (QED) is 0.555. The molecule has 1 unspecified atom stereocenters. The van der Waals surface area contributed by atoms with E-state index < -0.39 is 10.4 Å². The maximum absolute atomic E-state index is 10.1. The third-order valence-electron chi connectivity index (χ3n) is 1.14. The molecule has 1 aliphatic carbocycles. The van der Waals surface area contributed by atoms with E-state index in [4.69, 9.17) is 28.9 Å². The van der Waals surface area contributed by atoms with Crippen molar-refractivity contribution in [3.63, 3.8) is 0 Å². The van der Waals surface area contributed by atoms with Gasteiger partial charge in [-0.05, 0) is 0 Å². The minimum absolute atomic E-state index is 0.154. The van der Waals surface area contributed by atoms with Gasteiger partial charge in [0.05, 0.1) is 6.04 Å². The average Bonchev–Trinajstić information content (AvgIpc) is 2.10. The second-order valence-electron chi connectivity index (χ2n) is 2.03. The summed E-state index contributed by atoms with van der Waals surface area (Å²) in [5.41, 5.74) is 4.79. The Morgan fingerprint density at radius 3 is 2.33 bits per heavy atom. The summed E-state index contributed by atoms with van der Waals surface area (Å²) in [4.78, 5) is 10.1. The lowest BCUT2D eigenvalue weighted by Crippen LogP contribution is -2.33. The van der Waals surface area contributed by atoms with E-state index >= 15 is 0 Å². The number of nitrogens with one attached hydrogen (secondary N) is 1. The zero-order valence-corrected chi connectivity index (χ0v) is 6.04. The van der Waals surface area contributed by atoms with Gasteiger partial charge in [0.2, 0.25) is 0 Å². The van der Waals surface area contributed by atoms with Crippen molar-refractivity contribution in [1.29, 1.82) is 0 Å². The summed E-state index contributed by atoms with van der Waals surface area (Å²) in [6.07, 6.45) is 0.582. The molecule has 52 valence electrons. The molecule has 1 aliphatic rings. The van der Waals surface area contributed by atoms with E-state index in [0.29, 0.717) is 6.42 Å². The highest BCUT2D eigenvalue weighted by Gasteiger charge is 2.52. The summed E-state index contributed by atoms with van der Waals surface area (Å²) < 4.78 is -0.769. The Morgan fingerprint density at radius 1 is 1.78 bits per heavy atom. The van der Waals surface area contributed by atoms with Gasteiger partial charge in [0.25, 0.3) is 0 Å². The molecule has 5 heteroatoms. The maximum atomic E-state index is 10.1. The van der Waals surface area contributed by atoms with E-state index in [1.54, 1.807) is 0 Å². The number of amides is 2. The van der Waals surface area contributed by atoms with Gasteiger partial charge in [0.15, 0.2) is 0 Å². The van der Waals surface area contributed by atoms with Crippen molar-refractivity contribution < 1.29 is 4.79 Å². The minimum Gasteiger partial charge on any atom is -0.352 e. The molecule has 0 aromatic rings. The topological polar surface area (TPSA) is 55.1 Å². The zero-order valence-electron chi connectivity index (χ0n) is 4.53. The predicted molar refractivity (Wildman–Crippen MR) is 35.6 cm³/mol. The number of hydrogen-bond donors (Lipinski definition) is 2. The Bertz CT molecular complexity index is 148. The molecule has 9 heavy (non-hydrogen) atoms. The van der Waals surface area contributed by atoms with Crippen molar-refractivity contribution in [3.05, 3.63) is 0 Å². The molecule has 1 saturated carbocycles. The molecule has 3 nitrogen and oxygen atoms in total. The molecule has 1 fully saturated rings. The Labute approximate surface area is 62.5 Å². The van der Waals surface area contributed by atoms with Crippen LogP contribution in [0.25, 0.3) is 0 Å². The SMILES string of the molecule is NC(=O)NC1CC1(Cl)Cl. The second-order valence-corrected chi connectivity index (χ2v) is 3.57. The van der Waals surface area contributed by atoms with Gasteiger partial charge in [-0.1, -0.05) is 23.2 Å².